The van der Waals surface area contributed by atoms with Crippen molar-refractivity contribution in [3.05, 3.63) is 28.7 Å². The molecular weight excluding hydrogens is 296 g/mol. The summed E-state index contributed by atoms with van der Waals surface area (Å²) in [6, 6.07) is 3.46. The summed E-state index contributed by atoms with van der Waals surface area (Å²) in [5.74, 6) is 0. The number of pyridine rings is 1. The van der Waals surface area contributed by atoms with E-state index in [0.717, 1.165) is 56.7 Å². The van der Waals surface area contributed by atoms with Crippen LogP contribution in [0.3, 0.4) is 0 Å². The Morgan fingerprint density at radius 1 is 1.04 bits per heavy atom. The molecule has 4 heterocycles. The normalized spacial score (nSPS) is 19.9. The Bertz CT molecular complexity index is 720. The molecule has 0 saturated carbocycles. The van der Waals surface area contributed by atoms with E-state index in [-0.39, 0.29) is 17.4 Å². The average molecular weight is 316 g/mol. The van der Waals surface area contributed by atoms with Gasteiger partial charge in [-0.2, -0.15) is 0 Å². The van der Waals surface area contributed by atoms with Gasteiger partial charge in [0.15, 0.2) is 5.52 Å². The molecule has 0 spiro atoms. The van der Waals surface area contributed by atoms with Crippen LogP contribution in [0, 0.1) is 0 Å². The van der Waals surface area contributed by atoms with Gasteiger partial charge in [-0.3, -0.25) is 14.6 Å². The second-order valence-corrected chi connectivity index (χ2v) is 6.06. The van der Waals surface area contributed by atoms with E-state index in [2.05, 4.69) is 25.1 Å². The highest BCUT2D eigenvalue weighted by Crippen LogP contribution is 2.18. The number of nitrogens with zero attached hydrogens (tertiary/aromatic N) is 6. The van der Waals surface area contributed by atoms with Gasteiger partial charge in [-0.15, -0.1) is 5.10 Å². The van der Waals surface area contributed by atoms with E-state index in [0.29, 0.717) is 5.52 Å². The summed E-state index contributed by atoms with van der Waals surface area (Å²) in [7, 11) is 0. The highest BCUT2D eigenvalue weighted by Gasteiger charge is 2.32. The fourth-order valence-electron chi connectivity index (χ4n) is 3.31. The van der Waals surface area contributed by atoms with Gasteiger partial charge in [-0.05, 0) is 47.9 Å². The molecule has 2 saturated heterocycles. The molecule has 2 aliphatic heterocycles. The molecular formula is C15H20N6O2. The maximum absolute atomic E-state index is 12.5. The summed E-state index contributed by atoms with van der Waals surface area (Å²) in [5.41, 5.74) is 0.402. The molecule has 0 amide bonds. The molecule has 2 aromatic rings. The van der Waals surface area contributed by atoms with Crippen molar-refractivity contribution in [1.29, 1.82) is 0 Å². The Morgan fingerprint density at radius 3 is 2.35 bits per heavy atom. The molecule has 4 rings (SSSR count). The lowest BCUT2D eigenvalue weighted by Gasteiger charge is -2.33. The fraction of sp³-hybridized carbons (Fsp3) is 0.600. The van der Waals surface area contributed by atoms with Crippen molar-refractivity contribution in [3.63, 3.8) is 0 Å². The minimum absolute atomic E-state index is 0.256. The van der Waals surface area contributed by atoms with Crippen molar-refractivity contribution in [2.24, 2.45) is 0 Å². The molecule has 8 heteroatoms. The van der Waals surface area contributed by atoms with E-state index in [1.54, 1.807) is 18.3 Å². The van der Waals surface area contributed by atoms with Crippen molar-refractivity contribution >= 4 is 11.0 Å². The van der Waals surface area contributed by atoms with E-state index in [4.69, 9.17) is 4.84 Å². The van der Waals surface area contributed by atoms with E-state index < -0.39 is 0 Å². The second kappa shape index (κ2) is 6.21. The van der Waals surface area contributed by atoms with Crippen LogP contribution in [0.4, 0.5) is 0 Å². The third kappa shape index (κ3) is 2.79. The highest BCUT2D eigenvalue weighted by molar-refractivity contribution is 5.71. The predicted molar refractivity (Wildman–Crippen MR) is 83.6 cm³/mol. The largest absolute Gasteiger partial charge is 0.356 e. The first-order chi connectivity index (χ1) is 11.3. The van der Waals surface area contributed by atoms with Gasteiger partial charge in [0.05, 0.1) is 0 Å². The SMILES string of the molecule is O=c1c2ncccc2nnn1OC(N1CCCC1)N1CCCC1. The molecule has 0 bridgehead atoms. The zero-order chi connectivity index (χ0) is 15.6. The topological polar surface area (TPSA) is 76.4 Å². The maximum atomic E-state index is 12.5. The molecule has 0 aromatic carbocycles. The van der Waals surface area contributed by atoms with Gasteiger partial charge in [0.2, 0.25) is 6.35 Å². The van der Waals surface area contributed by atoms with Gasteiger partial charge < -0.3 is 4.84 Å². The van der Waals surface area contributed by atoms with Crippen LogP contribution >= 0.6 is 0 Å². The summed E-state index contributed by atoms with van der Waals surface area (Å²) in [6.07, 6.45) is 5.96. The van der Waals surface area contributed by atoms with Crippen molar-refractivity contribution < 1.29 is 4.84 Å². The van der Waals surface area contributed by atoms with Crippen LogP contribution in [-0.2, 0) is 0 Å². The molecule has 0 unspecified atom stereocenters. The average Bonchev–Trinajstić information content (AvgIpc) is 3.28. The molecule has 122 valence electrons. The smallest absolute Gasteiger partial charge is 0.332 e. The molecule has 2 aromatic heterocycles. The molecule has 0 N–H and O–H groups in total. The van der Waals surface area contributed by atoms with Crippen molar-refractivity contribution in [2.75, 3.05) is 26.2 Å². The quantitative estimate of drug-likeness (QED) is 0.791. The summed E-state index contributed by atoms with van der Waals surface area (Å²) >= 11 is 0. The first kappa shape index (κ1) is 14.5. The third-order valence-electron chi connectivity index (χ3n) is 4.50. The highest BCUT2D eigenvalue weighted by atomic mass is 16.7. The van der Waals surface area contributed by atoms with E-state index in [1.807, 2.05) is 0 Å². The van der Waals surface area contributed by atoms with Gasteiger partial charge in [-0.25, -0.2) is 4.98 Å². The molecule has 8 nitrogen and oxygen atoms in total. The van der Waals surface area contributed by atoms with Crippen LogP contribution in [0.25, 0.3) is 11.0 Å². The van der Waals surface area contributed by atoms with Crippen molar-refractivity contribution in [1.82, 2.24) is 29.9 Å². The molecule has 0 radical (unpaired) electrons. The predicted octanol–water partition coefficient (Wildman–Crippen LogP) is 0.0903. The van der Waals surface area contributed by atoms with Gasteiger partial charge in [0.25, 0.3) is 0 Å². The van der Waals surface area contributed by atoms with Crippen LogP contribution in [0.1, 0.15) is 25.7 Å². The summed E-state index contributed by atoms with van der Waals surface area (Å²) < 4.78 is 0. The summed E-state index contributed by atoms with van der Waals surface area (Å²) in [5, 5.41) is 7.96. The van der Waals surface area contributed by atoms with Gasteiger partial charge in [0.1, 0.15) is 5.52 Å². The molecule has 0 aliphatic carbocycles. The minimum Gasteiger partial charge on any atom is -0.356 e. The summed E-state index contributed by atoms with van der Waals surface area (Å²) in [6.45, 7) is 3.93. The minimum atomic E-state index is -0.362. The number of likely N-dealkylation sites (tertiary alicyclic amines) is 2. The number of hydrogen-bond acceptors (Lipinski definition) is 7. The zero-order valence-corrected chi connectivity index (χ0v) is 13.0. The van der Waals surface area contributed by atoms with Crippen LogP contribution in [0.15, 0.2) is 23.1 Å². The number of hydrogen-bond donors (Lipinski definition) is 0. The number of rotatable bonds is 4. The Labute approximate surface area is 133 Å². The monoisotopic (exact) mass is 316 g/mol. The van der Waals surface area contributed by atoms with E-state index in [1.165, 1.54) is 0 Å². The third-order valence-corrected chi connectivity index (χ3v) is 4.50. The lowest BCUT2D eigenvalue weighted by molar-refractivity contribution is -0.156. The lowest BCUT2D eigenvalue weighted by atomic mass is 10.4. The first-order valence-corrected chi connectivity index (χ1v) is 8.19. The van der Waals surface area contributed by atoms with Gasteiger partial charge in [-0.1, -0.05) is 0 Å². The van der Waals surface area contributed by atoms with Gasteiger partial charge in [0, 0.05) is 32.4 Å². The lowest BCUT2D eigenvalue weighted by Crippen LogP contribution is -2.54. The van der Waals surface area contributed by atoms with Crippen LogP contribution in [-0.4, -0.2) is 62.5 Å². The zero-order valence-electron chi connectivity index (χ0n) is 13.0. The maximum Gasteiger partial charge on any atom is 0.332 e. The van der Waals surface area contributed by atoms with Crippen LogP contribution < -0.4 is 10.4 Å². The van der Waals surface area contributed by atoms with Gasteiger partial charge >= 0.3 is 5.56 Å². The number of aromatic nitrogens is 4. The molecule has 2 fully saturated rings. The van der Waals surface area contributed by atoms with Crippen LogP contribution in [0.2, 0.25) is 0 Å². The first-order valence-electron chi connectivity index (χ1n) is 8.19. The Morgan fingerprint density at radius 2 is 1.70 bits per heavy atom. The van der Waals surface area contributed by atoms with Crippen molar-refractivity contribution in [2.45, 2.75) is 32.0 Å². The Kier molecular flexibility index (Phi) is 3.92. The molecule has 0 atom stereocenters. The van der Waals surface area contributed by atoms with E-state index in [9.17, 15) is 4.79 Å². The molecule has 2 aliphatic rings. The summed E-state index contributed by atoms with van der Waals surface area (Å²) in [4.78, 5) is 28.1. The van der Waals surface area contributed by atoms with E-state index >= 15 is 0 Å². The number of fused-ring (bicyclic) bond motifs is 1. The Hall–Kier alpha value is -2.06. The Balaban J connectivity index is 1.65. The van der Waals surface area contributed by atoms with Crippen LogP contribution in [0.5, 0.6) is 0 Å². The second-order valence-electron chi connectivity index (χ2n) is 6.06. The molecule has 23 heavy (non-hydrogen) atoms. The van der Waals surface area contributed by atoms with Crippen molar-refractivity contribution in [3.8, 4) is 0 Å². The fourth-order valence-corrected chi connectivity index (χ4v) is 3.31. The standard InChI is InChI=1S/C15H20N6O2/c22-14-13-12(6-5-7-16-13)17-18-21(14)23-15(19-8-1-2-9-19)20-10-3-4-11-20/h5-7,15H,1-4,8-11H2.